The Morgan fingerprint density at radius 2 is 1.78 bits per heavy atom. The van der Waals surface area contributed by atoms with E-state index in [9.17, 15) is 23.8 Å². The molecular formula is C20H22F2N2O3. The number of phenols is 1. The molecule has 7 heteroatoms. The summed E-state index contributed by atoms with van der Waals surface area (Å²) in [5.41, 5.74) is 1.46. The highest BCUT2D eigenvalue weighted by Crippen LogP contribution is 2.22. The lowest BCUT2D eigenvalue weighted by Crippen LogP contribution is -2.49. The number of phenolic OH excluding ortho intramolecular Hbond substituents is 1. The highest BCUT2D eigenvalue weighted by atomic mass is 19.2. The molecule has 27 heavy (non-hydrogen) atoms. The highest BCUT2D eigenvalue weighted by Gasteiger charge is 2.26. The summed E-state index contributed by atoms with van der Waals surface area (Å²) in [4.78, 5) is 13.6. The Kier molecular flexibility index (Phi) is 5.91. The third-order valence-electron chi connectivity index (χ3n) is 4.87. The van der Waals surface area contributed by atoms with Crippen molar-refractivity contribution < 1.29 is 23.8 Å². The van der Waals surface area contributed by atoms with Crippen LogP contribution in [0.3, 0.4) is 0 Å². The van der Waals surface area contributed by atoms with Gasteiger partial charge in [-0.3, -0.25) is 4.79 Å². The number of benzene rings is 2. The van der Waals surface area contributed by atoms with Gasteiger partial charge in [-0.15, -0.1) is 0 Å². The SMILES string of the molecule is O=C(O)[C@H](Cc1ccc(O)cc1)NC1CCN(c2ccc(F)c(F)c2)CC1. The van der Waals surface area contributed by atoms with Crippen molar-refractivity contribution in [3.63, 3.8) is 0 Å². The molecule has 2 aromatic rings. The summed E-state index contributed by atoms with van der Waals surface area (Å²) < 4.78 is 26.5. The van der Waals surface area contributed by atoms with Crippen molar-refractivity contribution >= 4 is 11.7 Å². The van der Waals surface area contributed by atoms with Crippen LogP contribution in [0.2, 0.25) is 0 Å². The maximum absolute atomic E-state index is 13.4. The van der Waals surface area contributed by atoms with Crippen molar-refractivity contribution in [1.82, 2.24) is 5.32 Å². The molecule has 1 aliphatic heterocycles. The average molecular weight is 376 g/mol. The van der Waals surface area contributed by atoms with Crippen LogP contribution in [0.15, 0.2) is 42.5 Å². The second kappa shape index (κ2) is 8.35. The zero-order valence-electron chi connectivity index (χ0n) is 14.7. The molecule has 1 heterocycles. The number of aromatic hydroxyl groups is 1. The van der Waals surface area contributed by atoms with Crippen LogP contribution in [0.5, 0.6) is 5.75 Å². The number of piperidine rings is 1. The van der Waals surface area contributed by atoms with E-state index in [1.54, 1.807) is 18.2 Å². The van der Waals surface area contributed by atoms with E-state index in [1.165, 1.54) is 18.2 Å². The van der Waals surface area contributed by atoms with Crippen molar-refractivity contribution in [2.24, 2.45) is 0 Å². The number of rotatable bonds is 6. The molecule has 1 atom stereocenters. The molecule has 2 aromatic carbocycles. The van der Waals surface area contributed by atoms with Crippen molar-refractivity contribution in [3.8, 4) is 5.75 Å². The molecule has 0 saturated carbocycles. The van der Waals surface area contributed by atoms with Crippen LogP contribution in [0.1, 0.15) is 18.4 Å². The minimum atomic E-state index is -0.925. The lowest BCUT2D eigenvalue weighted by molar-refractivity contribution is -0.139. The van der Waals surface area contributed by atoms with Crippen molar-refractivity contribution in [3.05, 3.63) is 59.7 Å². The number of carbonyl (C=O) groups is 1. The lowest BCUT2D eigenvalue weighted by Gasteiger charge is -2.35. The van der Waals surface area contributed by atoms with Crippen LogP contribution in [0, 0.1) is 11.6 Å². The Morgan fingerprint density at radius 3 is 2.37 bits per heavy atom. The van der Waals surface area contributed by atoms with E-state index in [0.717, 1.165) is 11.6 Å². The number of hydrogen-bond acceptors (Lipinski definition) is 4. The zero-order chi connectivity index (χ0) is 19.4. The molecule has 0 unspecified atom stereocenters. The van der Waals surface area contributed by atoms with E-state index in [0.29, 0.717) is 38.0 Å². The first-order valence-electron chi connectivity index (χ1n) is 8.89. The number of aliphatic carboxylic acids is 1. The fourth-order valence-electron chi connectivity index (χ4n) is 3.36. The van der Waals surface area contributed by atoms with E-state index in [-0.39, 0.29) is 11.8 Å². The molecule has 3 N–H and O–H groups in total. The molecule has 144 valence electrons. The van der Waals surface area contributed by atoms with E-state index in [2.05, 4.69) is 5.32 Å². The van der Waals surface area contributed by atoms with Gasteiger partial charge in [0.2, 0.25) is 0 Å². The van der Waals surface area contributed by atoms with Gasteiger partial charge in [0.15, 0.2) is 11.6 Å². The molecule has 5 nitrogen and oxygen atoms in total. The summed E-state index contributed by atoms with van der Waals surface area (Å²) in [6.07, 6.45) is 1.73. The van der Waals surface area contributed by atoms with Crippen LogP contribution in [0.4, 0.5) is 14.5 Å². The van der Waals surface area contributed by atoms with Crippen LogP contribution in [0.25, 0.3) is 0 Å². The zero-order valence-corrected chi connectivity index (χ0v) is 14.7. The third-order valence-corrected chi connectivity index (χ3v) is 4.87. The Morgan fingerprint density at radius 1 is 1.11 bits per heavy atom. The van der Waals surface area contributed by atoms with Crippen molar-refractivity contribution in [1.29, 1.82) is 0 Å². The normalized spacial score (nSPS) is 16.3. The van der Waals surface area contributed by atoms with E-state index >= 15 is 0 Å². The number of hydrogen-bond donors (Lipinski definition) is 3. The largest absolute Gasteiger partial charge is 0.508 e. The van der Waals surface area contributed by atoms with E-state index in [4.69, 9.17) is 0 Å². The third kappa shape index (κ3) is 4.95. The Labute approximate surface area is 156 Å². The number of carboxylic acids is 1. The molecule has 3 rings (SSSR count). The van der Waals surface area contributed by atoms with Gasteiger partial charge in [0.1, 0.15) is 11.8 Å². The number of nitrogens with one attached hydrogen (secondary N) is 1. The lowest BCUT2D eigenvalue weighted by atomic mass is 10.00. The summed E-state index contributed by atoms with van der Waals surface area (Å²) in [7, 11) is 0. The van der Waals surface area contributed by atoms with Gasteiger partial charge in [-0.2, -0.15) is 0 Å². The van der Waals surface area contributed by atoms with Crippen molar-refractivity contribution in [2.45, 2.75) is 31.3 Å². The summed E-state index contributed by atoms with van der Waals surface area (Å²) in [6.45, 7) is 1.27. The highest BCUT2D eigenvalue weighted by molar-refractivity contribution is 5.74. The Bertz CT molecular complexity index is 790. The molecule has 0 aromatic heterocycles. The Balaban J connectivity index is 1.56. The maximum Gasteiger partial charge on any atom is 0.321 e. The molecule has 0 spiro atoms. The monoisotopic (exact) mass is 376 g/mol. The van der Waals surface area contributed by atoms with Gasteiger partial charge in [-0.1, -0.05) is 12.1 Å². The van der Waals surface area contributed by atoms with E-state index in [1.807, 2.05) is 4.90 Å². The molecular weight excluding hydrogens is 354 g/mol. The van der Waals surface area contributed by atoms with Crippen molar-refractivity contribution in [2.75, 3.05) is 18.0 Å². The molecule has 0 radical (unpaired) electrons. The van der Waals surface area contributed by atoms with Gasteiger partial charge < -0.3 is 20.4 Å². The molecule has 1 aliphatic rings. The average Bonchev–Trinajstić information content (AvgIpc) is 2.66. The van der Waals surface area contributed by atoms with Gasteiger partial charge in [-0.05, 0) is 49.1 Å². The topological polar surface area (TPSA) is 72.8 Å². The molecule has 0 aliphatic carbocycles. The second-order valence-electron chi connectivity index (χ2n) is 6.79. The van der Waals surface area contributed by atoms with Gasteiger partial charge >= 0.3 is 5.97 Å². The predicted molar refractivity (Wildman–Crippen MR) is 98.0 cm³/mol. The summed E-state index contributed by atoms with van der Waals surface area (Å²) in [5, 5.41) is 22.0. The molecule has 1 fully saturated rings. The standard InChI is InChI=1S/C20H22F2N2O3/c21-17-6-3-15(12-18(17)22)24-9-7-14(8-10-24)23-19(20(26)27)11-13-1-4-16(25)5-2-13/h1-6,12,14,19,23,25H,7-11H2,(H,26,27)/t19-/m0/s1. The minimum Gasteiger partial charge on any atom is -0.508 e. The maximum atomic E-state index is 13.4. The smallest absolute Gasteiger partial charge is 0.321 e. The first-order chi connectivity index (χ1) is 12.9. The van der Waals surface area contributed by atoms with Crippen LogP contribution in [-0.4, -0.2) is 41.4 Å². The Hall–Kier alpha value is -2.67. The molecule has 0 bridgehead atoms. The quantitative estimate of drug-likeness (QED) is 0.723. The predicted octanol–water partition coefficient (Wildman–Crippen LogP) is 2.92. The fourth-order valence-corrected chi connectivity index (χ4v) is 3.36. The molecule has 1 saturated heterocycles. The summed E-state index contributed by atoms with van der Waals surface area (Å²) >= 11 is 0. The van der Waals surface area contributed by atoms with Gasteiger partial charge in [0.25, 0.3) is 0 Å². The van der Waals surface area contributed by atoms with Gasteiger partial charge in [0, 0.05) is 30.9 Å². The van der Waals surface area contributed by atoms with E-state index < -0.39 is 23.6 Å². The summed E-state index contributed by atoms with van der Waals surface area (Å²) in [6, 6.07) is 9.65. The first-order valence-corrected chi connectivity index (χ1v) is 8.89. The number of carboxylic acid groups (broad SMARTS) is 1. The van der Waals surface area contributed by atoms with Crippen LogP contribution >= 0.6 is 0 Å². The summed E-state index contributed by atoms with van der Waals surface area (Å²) in [5.74, 6) is -2.52. The number of anilines is 1. The minimum absolute atomic E-state index is 0.0322. The van der Waals surface area contributed by atoms with Gasteiger partial charge in [0.05, 0.1) is 0 Å². The number of halogens is 2. The van der Waals surface area contributed by atoms with Crippen LogP contribution in [-0.2, 0) is 11.2 Å². The second-order valence-corrected chi connectivity index (χ2v) is 6.79. The van der Waals surface area contributed by atoms with Gasteiger partial charge in [-0.25, -0.2) is 8.78 Å². The number of nitrogens with zero attached hydrogens (tertiary/aromatic N) is 1. The van der Waals surface area contributed by atoms with Crippen LogP contribution < -0.4 is 10.2 Å². The molecule has 0 amide bonds. The fraction of sp³-hybridized carbons (Fsp3) is 0.350. The first kappa shape index (κ1) is 19.1.